The number of alkyl carbamates (subject to hydrolysis) is 1. The fourth-order valence-corrected chi connectivity index (χ4v) is 3.27. The monoisotopic (exact) mass is 406 g/mol. The number of benzene rings is 2. The van der Waals surface area contributed by atoms with E-state index in [1.807, 2.05) is 24.3 Å². The first-order valence-electron chi connectivity index (χ1n) is 9.31. The standard InChI is InChI=1S/C21H24F2N2O4/c1-28-16-9-7-14(8-10-16)11-17-19(18(26)12-24-17)29-20(27)25-13-21(22,23)15-5-3-2-4-6-15/h2-10,17-19,24,26H,11-13H2,1H3,(H,25,27)/t17-,18+,19+/m1/s1. The molecule has 3 N–H and O–H groups in total. The van der Waals surface area contributed by atoms with Gasteiger partial charge in [-0.2, -0.15) is 8.78 Å². The Morgan fingerprint density at radius 3 is 2.55 bits per heavy atom. The predicted octanol–water partition coefficient (Wildman–Crippen LogP) is 2.46. The summed E-state index contributed by atoms with van der Waals surface area (Å²) in [6.07, 6.45) is -2.26. The second-order valence-electron chi connectivity index (χ2n) is 6.93. The van der Waals surface area contributed by atoms with Gasteiger partial charge >= 0.3 is 6.09 Å². The van der Waals surface area contributed by atoms with E-state index in [4.69, 9.17) is 9.47 Å². The molecule has 0 unspecified atom stereocenters. The first kappa shape index (κ1) is 21.0. The highest BCUT2D eigenvalue weighted by Crippen LogP contribution is 2.27. The van der Waals surface area contributed by atoms with Crippen molar-refractivity contribution in [2.45, 2.75) is 30.6 Å². The molecule has 1 amide bonds. The number of aliphatic hydroxyl groups is 1. The van der Waals surface area contributed by atoms with Crippen LogP contribution in [-0.4, -0.2) is 49.6 Å². The number of aliphatic hydroxyl groups excluding tert-OH is 1. The Balaban J connectivity index is 1.56. The number of carbonyl (C=O) groups excluding carboxylic acids is 1. The van der Waals surface area contributed by atoms with E-state index < -0.39 is 30.8 Å². The Labute approximate surface area is 167 Å². The average Bonchev–Trinajstić information content (AvgIpc) is 3.07. The largest absolute Gasteiger partial charge is 0.497 e. The summed E-state index contributed by atoms with van der Waals surface area (Å²) in [4.78, 5) is 12.1. The molecule has 1 aliphatic heterocycles. The number of ether oxygens (including phenoxy) is 2. The van der Waals surface area contributed by atoms with Crippen molar-refractivity contribution < 1.29 is 28.2 Å². The third kappa shape index (κ3) is 5.42. The fourth-order valence-electron chi connectivity index (χ4n) is 3.27. The Bertz CT molecular complexity index is 802. The van der Waals surface area contributed by atoms with Crippen molar-refractivity contribution >= 4 is 6.09 Å². The molecule has 0 bridgehead atoms. The molecule has 6 nitrogen and oxygen atoms in total. The number of hydrogen-bond acceptors (Lipinski definition) is 5. The quantitative estimate of drug-likeness (QED) is 0.658. The molecule has 2 aromatic rings. The molecule has 29 heavy (non-hydrogen) atoms. The Morgan fingerprint density at radius 2 is 1.90 bits per heavy atom. The van der Waals surface area contributed by atoms with Gasteiger partial charge in [-0.05, 0) is 24.1 Å². The molecule has 1 saturated heterocycles. The second kappa shape index (κ2) is 9.19. The number of hydrogen-bond donors (Lipinski definition) is 3. The van der Waals surface area contributed by atoms with E-state index in [0.29, 0.717) is 6.42 Å². The van der Waals surface area contributed by atoms with Gasteiger partial charge in [0, 0.05) is 12.1 Å². The molecule has 8 heteroatoms. The van der Waals surface area contributed by atoms with Gasteiger partial charge < -0.3 is 25.2 Å². The lowest BCUT2D eigenvalue weighted by Crippen LogP contribution is -2.43. The number of methoxy groups -OCH3 is 1. The predicted molar refractivity (Wildman–Crippen MR) is 103 cm³/mol. The normalized spacial score (nSPS) is 21.6. The molecule has 3 rings (SSSR count). The minimum Gasteiger partial charge on any atom is -0.497 e. The number of carbonyl (C=O) groups is 1. The van der Waals surface area contributed by atoms with Gasteiger partial charge in [0.25, 0.3) is 5.92 Å². The van der Waals surface area contributed by atoms with Crippen LogP contribution in [0.15, 0.2) is 54.6 Å². The average molecular weight is 406 g/mol. The zero-order chi connectivity index (χ0) is 20.9. The van der Waals surface area contributed by atoms with Crippen molar-refractivity contribution in [3.8, 4) is 5.75 Å². The van der Waals surface area contributed by atoms with Gasteiger partial charge in [-0.3, -0.25) is 0 Å². The second-order valence-corrected chi connectivity index (χ2v) is 6.93. The van der Waals surface area contributed by atoms with Gasteiger partial charge in [-0.25, -0.2) is 4.79 Å². The summed E-state index contributed by atoms with van der Waals surface area (Å²) >= 11 is 0. The van der Waals surface area contributed by atoms with Gasteiger partial charge in [-0.15, -0.1) is 0 Å². The number of β-amino-alcohol motifs (C(OH)–C–C–N with tert-alkyl or cyclic N) is 1. The van der Waals surface area contributed by atoms with Crippen molar-refractivity contribution in [2.24, 2.45) is 0 Å². The molecule has 0 aromatic heterocycles. The molecule has 0 radical (unpaired) electrons. The van der Waals surface area contributed by atoms with Crippen molar-refractivity contribution in [3.05, 3.63) is 65.7 Å². The molecule has 1 fully saturated rings. The molecule has 0 aliphatic carbocycles. The van der Waals surface area contributed by atoms with E-state index in [0.717, 1.165) is 11.3 Å². The molecular weight excluding hydrogens is 382 g/mol. The molecule has 0 saturated carbocycles. The van der Waals surface area contributed by atoms with Gasteiger partial charge in [0.1, 0.15) is 18.0 Å². The van der Waals surface area contributed by atoms with Crippen LogP contribution in [-0.2, 0) is 17.1 Å². The molecule has 3 atom stereocenters. The SMILES string of the molecule is COc1ccc(C[C@H]2NC[C@H](O)[C@H]2OC(=O)NCC(F)(F)c2ccccc2)cc1. The third-order valence-electron chi connectivity index (χ3n) is 4.87. The summed E-state index contributed by atoms with van der Waals surface area (Å²) in [7, 11) is 1.58. The van der Waals surface area contributed by atoms with Crippen LogP contribution >= 0.6 is 0 Å². The fraction of sp³-hybridized carbons (Fsp3) is 0.381. The van der Waals surface area contributed by atoms with Crippen LogP contribution in [0.3, 0.4) is 0 Å². The topological polar surface area (TPSA) is 79.8 Å². The zero-order valence-electron chi connectivity index (χ0n) is 16.0. The van der Waals surface area contributed by atoms with Gasteiger partial charge in [0.2, 0.25) is 0 Å². The Kier molecular flexibility index (Phi) is 6.66. The number of halogens is 2. The zero-order valence-corrected chi connectivity index (χ0v) is 16.0. The maximum Gasteiger partial charge on any atom is 0.407 e. The maximum atomic E-state index is 14.2. The highest BCUT2D eigenvalue weighted by atomic mass is 19.3. The molecular formula is C21H24F2N2O4. The molecule has 1 aliphatic rings. The van der Waals surface area contributed by atoms with E-state index in [1.165, 1.54) is 24.3 Å². The highest BCUT2D eigenvalue weighted by molar-refractivity contribution is 5.67. The third-order valence-corrected chi connectivity index (χ3v) is 4.87. The van der Waals surface area contributed by atoms with Gasteiger partial charge in [0.15, 0.2) is 0 Å². The van der Waals surface area contributed by atoms with E-state index in [9.17, 15) is 18.7 Å². The summed E-state index contributed by atoms with van der Waals surface area (Å²) in [5.41, 5.74) is 0.766. The number of nitrogens with one attached hydrogen (secondary N) is 2. The minimum absolute atomic E-state index is 0.194. The lowest BCUT2D eigenvalue weighted by atomic mass is 10.0. The summed E-state index contributed by atoms with van der Waals surface area (Å²) in [5, 5.41) is 15.3. The van der Waals surface area contributed by atoms with Crippen molar-refractivity contribution in [3.63, 3.8) is 0 Å². The maximum absolute atomic E-state index is 14.2. The van der Waals surface area contributed by atoms with Crippen LogP contribution in [0.5, 0.6) is 5.75 Å². The minimum atomic E-state index is -3.23. The summed E-state index contributed by atoms with van der Waals surface area (Å²) in [6, 6.07) is 14.3. The highest BCUT2D eigenvalue weighted by Gasteiger charge is 2.38. The van der Waals surface area contributed by atoms with E-state index in [-0.39, 0.29) is 18.2 Å². The Hall–Kier alpha value is -2.71. The number of rotatable bonds is 7. The van der Waals surface area contributed by atoms with Crippen LogP contribution in [0.2, 0.25) is 0 Å². The molecule has 156 valence electrons. The first-order chi connectivity index (χ1) is 13.9. The van der Waals surface area contributed by atoms with Crippen LogP contribution < -0.4 is 15.4 Å². The van der Waals surface area contributed by atoms with Crippen molar-refractivity contribution in [1.29, 1.82) is 0 Å². The van der Waals surface area contributed by atoms with Crippen LogP contribution in [0.25, 0.3) is 0 Å². The van der Waals surface area contributed by atoms with Crippen LogP contribution in [0.4, 0.5) is 13.6 Å². The summed E-state index contributed by atoms with van der Waals surface area (Å²) in [6.45, 7) is -0.645. The summed E-state index contributed by atoms with van der Waals surface area (Å²) in [5.74, 6) is -2.50. The van der Waals surface area contributed by atoms with Gasteiger partial charge in [0.05, 0.1) is 19.7 Å². The van der Waals surface area contributed by atoms with Crippen LogP contribution in [0.1, 0.15) is 11.1 Å². The lowest BCUT2D eigenvalue weighted by Gasteiger charge is -2.23. The Morgan fingerprint density at radius 1 is 1.21 bits per heavy atom. The molecule has 2 aromatic carbocycles. The van der Waals surface area contributed by atoms with Gasteiger partial charge in [-0.1, -0.05) is 42.5 Å². The van der Waals surface area contributed by atoms with Crippen LogP contribution in [0, 0.1) is 0 Å². The first-order valence-corrected chi connectivity index (χ1v) is 9.31. The van der Waals surface area contributed by atoms with E-state index in [2.05, 4.69) is 10.6 Å². The van der Waals surface area contributed by atoms with Crippen molar-refractivity contribution in [1.82, 2.24) is 10.6 Å². The number of alkyl halides is 2. The number of amides is 1. The van der Waals surface area contributed by atoms with Crippen molar-refractivity contribution in [2.75, 3.05) is 20.2 Å². The molecule has 1 heterocycles. The van der Waals surface area contributed by atoms with E-state index >= 15 is 0 Å². The summed E-state index contributed by atoms with van der Waals surface area (Å²) < 4.78 is 38.8. The lowest BCUT2D eigenvalue weighted by molar-refractivity contribution is -0.0124. The molecule has 0 spiro atoms. The van der Waals surface area contributed by atoms with E-state index in [1.54, 1.807) is 13.2 Å². The smallest absolute Gasteiger partial charge is 0.407 e.